The van der Waals surface area contributed by atoms with Gasteiger partial charge in [0.1, 0.15) is 6.04 Å². The smallest absolute Gasteiger partial charge is 0.253 e. The van der Waals surface area contributed by atoms with Gasteiger partial charge in [-0.25, -0.2) is 14.9 Å². The third kappa shape index (κ3) is 2.68. The molecule has 0 aromatic heterocycles. The van der Waals surface area contributed by atoms with Crippen molar-refractivity contribution >= 4 is 29.1 Å². The Morgan fingerprint density at radius 3 is 2.07 bits per heavy atom. The number of benzene rings is 2. The van der Waals surface area contributed by atoms with Crippen molar-refractivity contribution in [3.63, 3.8) is 0 Å². The van der Waals surface area contributed by atoms with Crippen LogP contribution in [0.5, 0.6) is 0 Å². The molecule has 3 heterocycles. The number of fused-ring (bicyclic) bond motifs is 3. The summed E-state index contributed by atoms with van der Waals surface area (Å²) in [5.74, 6) is -0.591. The quantitative estimate of drug-likeness (QED) is 0.707. The zero-order chi connectivity index (χ0) is 20.4. The Morgan fingerprint density at radius 1 is 0.862 bits per heavy atom. The second-order valence-electron chi connectivity index (χ2n) is 8.41. The van der Waals surface area contributed by atoms with E-state index in [9.17, 15) is 9.59 Å². The van der Waals surface area contributed by atoms with Gasteiger partial charge in [0.15, 0.2) is 0 Å². The molecule has 0 aliphatic carbocycles. The van der Waals surface area contributed by atoms with Gasteiger partial charge >= 0.3 is 0 Å². The van der Waals surface area contributed by atoms with Crippen LogP contribution < -0.4 is 4.90 Å². The molecule has 0 spiro atoms. The van der Waals surface area contributed by atoms with E-state index in [0.29, 0.717) is 5.02 Å². The lowest BCUT2D eigenvalue weighted by molar-refractivity contribution is -0.126. The molecule has 3 aliphatic rings. The van der Waals surface area contributed by atoms with Crippen molar-refractivity contribution in [3.05, 3.63) is 63.7 Å². The fourth-order valence-electron chi connectivity index (χ4n) is 5.52. The summed E-state index contributed by atoms with van der Waals surface area (Å²) in [6, 6.07) is 11.2. The van der Waals surface area contributed by atoms with E-state index in [1.165, 1.54) is 4.90 Å². The number of anilines is 1. The van der Waals surface area contributed by atoms with Crippen LogP contribution in [0, 0.1) is 26.7 Å². The van der Waals surface area contributed by atoms with Gasteiger partial charge < -0.3 is 0 Å². The molecule has 3 fully saturated rings. The van der Waals surface area contributed by atoms with Crippen LogP contribution >= 0.6 is 11.6 Å². The minimum absolute atomic E-state index is 0.0931. The molecule has 5 nitrogen and oxygen atoms in total. The van der Waals surface area contributed by atoms with Crippen molar-refractivity contribution in [1.29, 1.82) is 0 Å². The second-order valence-corrected chi connectivity index (χ2v) is 8.84. The number of halogens is 1. The molecule has 150 valence electrons. The average Bonchev–Trinajstić information content (AvgIpc) is 3.30. The van der Waals surface area contributed by atoms with E-state index in [1.807, 2.05) is 57.2 Å². The van der Waals surface area contributed by atoms with E-state index in [2.05, 4.69) is 10.0 Å². The minimum atomic E-state index is -0.425. The van der Waals surface area contributed by atoms with Crippen molar-refractivity contribution in [2.75, 3.05) is 18.0 Å². The van der Waals surface area contributed by atoms with E-state index in [4.69, 9.17) is 11.6 Å². The van der Waals surface area contributed by atoms with E-state index in [0.717, 1.165) is 47.5 Å². The summed E-state index contributed by atoms with van der Waals surface area (Å²) in [5, 5.41) is 5.02. The van der Waals surface area contributed by atoms with Gasteiger partial charge in [-0.15, -0.1) is 0 Å². The van der Waals surface area contributed by atoms with Crippen LogP contribution in [0.3, 0.4) is 0 Å². The van der Waals surface area contributed by atoms with Gasteiger partial charge in [-0.1, -0.05) is 41.4 Å². The molecule has 0 unspecified atom stereocenters. The second kappa shape index (κ2) is 6.66. The molecular formula is C23H24ClN3O2. The van der Waals surface area contributed by atoms with Crippen LogP contribution in [-0.2, 0) is 9.59 Å². The third-order valence-electron chi connectivity index (χ3n) is 6.48. The number of hydrogen-bond donors (Lipinski definition) is 0. The number of amides is 2. The number of hydrazine groups is 1. The number of carbonyl (C=O) groups excluding carboxylic acids is 2. The predicted molar refractivity (Wildman–Crippen MR) is 113 cm³/mol. The Labute approximate surface area is 175 Å². The lowest BCUT2D eigenvalue weighted by Gasteiger charge is -2.30. The molecule has 2 aromatic carbocycles. The maximum atomic E-state index is 13.7. The van der Waals surface area contributed by atoms with Crippen LogP contribution in [0.25, 0.3) is 0 Å². The summed E-state index contributed by atoms with van der Waals surface area (Å²) in [6.07, 6.45) is 0.997. The fraction of sp³-hybridized carbons (Fsp3) is 0.391. The average molecular weight is 410 g/mol. The van der Waals surface area contributed by atoms with Gasteiger partial charge in [0.25, 0.3) is 5.91 Å². The Morgan fingerprint density at radius 2 is 1.45 bits per heavy atom. The first kappa shape index (κ1) is 18.8. The molecular weight excluding hydrogens is 386 g/mol. The molecule has 2 amide bonds. The largest absolute Gasteiger partial charge is 0.274 e. The molecule has 3 atom stereocenters. The molecule has 0 saturated carbocycles. The first-order chi connectivity index (χ1) is 13.9. The van der Waals surface area contributed by atoms with E-state index in [1.54, 1.807) is 0 Å². The Hall–Kier alpha value is -2.21. The SMILES string of the molecule is Cc1cc(C)c(N2C(=O)[C@H]3[C@@H](C2=O)N2CCCN2[C@@H]3c2ccc(Cl)cc2)c(C)c1. The topological polar surface area (TPSA) is 43.9 Å². The van der Waals surface area contributed by atoms with Crippen molar-refractivity contribution < 1.29 is 9.59 Å². The highest BCUT2D eigenvalue weighted by Gasteiger charge is 2.63. The molecule has 3 aliphatic heterocycles. The molecule has 5 rings (SSSR count). The highest BCUT2D eigenvalue weighted by Crippen LogP contribution is 2.49. The number of imide groups is 1. The van der Waals surface area contributed by atoms with E-state index < -0.39 is 12.0 Å². The van der Waals surface area contributed by atoms with Crippen LogP contribution in [0.15, 0.2) is 36.4 Å². The minimum Gasteiger partial charge on any atom is -0.274 e. The van der Waals surface area contributed by atoms with Crippen LogP contribution in [0.1, 0.15) is 34.7 Å². The van der Waals surface area contributed by atoms with Crippen molar-refractivity contribution in [2.24, 2.45) is 5.92 Å². The Kier molecular flexibility index (Phi) is 4.32. The summed E-state index contributed by atoms with van der Waals surface area (Å²) < 4.78 is 0. The van der Waals surface area contributed by atoms with Gasteiger partial charge in [-0.2, -0.15) is 0 Å². The first-order valence-electron chi connectivity index (χ1n) is 10.1. The lowest BCUT2D eigenvalue weighted by Crippen LogP contribution is -2.44. The van der Waals surface area contributed by atoms with Gasteiger partial charge in [-0.05, 0) is 56.0 Å². The number of aryl methyl sites for hydroxylation is 3. The Balaban J connectivity index is 1.61. The fourth-order valence-corrected chi connectivity index (χ4v) is 5.64. The first-order valence-corrected chi connectivity index (χ1v) is 10.5. The number of carbonyl (C=O) groups is 2. The zero-order valence-electron chi connectivity index (χ0n) is 16.9. The summed E-state index contributed by atoms with van der Waals surface area (Å²) in [5.41, 5.74) is 4.85. The summed E-state index contributed by atoms with van der Waals surface area (Å²) >= 11 is 6.09. The number of hydrogen-bond acceptors (Lipinski definition) is 4. The summed E-state index contributed by atoms with van der Waals surface area (Å²) in [7, 11) is 0. The molecule has 29 heavy (non-hydrogen) atoms. The molecule has 0 radical (unpaired) electrons. The number of nitrogens with zero attached hydrogens (tertiary/aromatic N) is 3. The van der Waals surface area contributed by atoms with Gasteiger partial charge in [0.2, 0.25) is 5.91 Å². The van der Waals surface area contributed by atoms with Gasteiger partial charge in [0, 0.05) is 18.1 Å². The highest BCUT2D eigenvalue weighted by atomic mass is 35.5. The molecule has 0 bridgehead atoms. The molecule has 0 N–H and O–H groups in total. The normalized spacial score (nSPS) is 27.0. The third-order valence-corrected chi connectivity index (χ3v) is 6.73. The van der Waals surface area contributed by atoms with Crippen LogP contribution in [0.4, 0.5) is 5.69 Å². The van der Waals surface area contributed by atoms with Crippen molar-refractivity contribution in [1.82, 2.24) is 10.0 Å². The maximum absolute atomic E-state index is 13.7. The highest BCUT2D eigenvalue weighted by molar-refractivity contribution is 6.30. The zero-order valence-corrected chi connectivity index (χ0v) is 17.6. The summed E-state index contributed by atoms with van der Waals surface area (Å²) in [4.78, 5) is 28.7. The molecule has 6 heteroatoms. The molecule has 2 aromatic rings. The predicted octanol–water partition coefficient (Wildman–Crippen LogP) is 3.80. The Bertz CT molecular complexity index is 996. The van der Waals surface area contributed by atoms with E-state index >= 15 is 0 Å². The van der Waals surface area contributed by atoms with Crippen molar-refractivity contribution in [3.8, 4) is 0 Å². The number of rotatable bonds is 2. The van der Waals surface area contributed by atoms with Crippen LogP contribution in [0.2, 0.25) is 5.02 Å². The van der Waals surface area contributed by atoms with Crippen molar-refractivity contribution in [2.45, 2.75) is 39.3 Å². The van der Waals surface area contributed by atoms with Crippen LogP contribution in [-0.4, -0.2) is 41.0 Å². The standard InChI is InChI=1S/C23H24ClN3O2/c1-13-11-14(2)19(15(3)12-13)27-22(28)18-20(16-5-7-17(24)8-6-16)25-9-4-10-26(25)21(18)23(27)29/h5-8,11-12,18,20-21H,4,9-10H2,1-3H3/t18-,20-,21+/m1/s1. The van der Waals surface area contributed by atoms with Gasteiger partial charge in [0.05, 0.1) is 17.6 Å². The maximum Gasteiger partial charge on any atom is 0.253 e. The monoisotopic (exact) mass is 409 g/mol. The molecule has 3 saturated heterocycles. The summed E-state index contributed by atoms with van der Waals surface area (Å²) in [6.45, 7) is 7.66. The van der Waals surface area contributed by atoms with Gasteiger partial charge in [-0.3, -0.25) is 9.59 Å². The lowest BCUT2D eigenvalue weighted by atomic mass is 9.90. The van der Waals surface area contributed by atoms with E-state index in [-0.39, 0.29) is 17.9 Å².